The monoisotopic (exact) mass is 411 g/mol. The molecule has 0 radical (unpaired) electrons. The van der Waals surface area contributed by atoms with Crippen molar-refractivity contribution in [3.63, 3.8) is 0 Å². The van der Waals surface area contributed by atoms with E-state index in [0.29, 0.717) is 12.2 Å². The molecule has 2 aromatic rings. The average Bonchev–Trinajstić information content (AvgIpc) is 2.75. The predicted octanol–water partition coefficient (Wildman–Crippen LogP) is 3.30. The Morgan fingerprint density at radius 2 is 1.50 bits per heavy atom. The van der Waals surface area contributed by atoms with Gasteiger partial charge in [0.15, 0.2) is 6.61 Å². The highest BCUT2D eigenvalue weighted by Gasteiger charge is 2.26. The van der Waals surface area contributed by atoms with Crippen LogP contribution in [0.4, 0.5) is 10.5 Å². The molecule has 0 unspecified atom stereocenters. The number of anilines is 1. The Labute approximate surface area is 177 Å². The molecule has 0 bridgehead atoms. The van der Waals surface area contributed by atoms with Gasteiger partial charge in [0, 0.05) is 12.2 Å². The molecule has 0 heterocycles. The van der Waals surface area contributed by atoms with Crippen molar-refractivity contribution >= 4 is 23.6 Å². The van der Waals surface area contributed by atoms with Crippen LogP contribution in [-0.2, 0) is 14.3 Å². The minimum Gasteiger partial charge on any atom is -0.454 e. The van der Waals surface area contributed by atoms with E-state index in [-0.39, 0.29) is 17.7 Å². The maximum absolute atomic E-state index is 12.4. The summed E-state index contributed by atoms with van der Waals surface area (Å²) >= 11 is 0. The Morgan fingerprint density at radius 1 is 0.900 bits per heavy atom. The number of carbonyl (C=O) groups is 3. The fraction of sp³-hybridized carbons (Fsp3) is 0.348. The molecule has 2 rings (SSSR count). The maximum Gasteiger partial charge on any atom is 0.329 e. The van der Waals surface area contributed by atoms with Crippen molar-refractivity contribution in [1.82, 2.24) is 10.6 Å². The van der Waals surface area contributed by atoms with Crippen LogP contribution in [0.5, 0.6) is 0 Å². The van der Waals surface area contributed by atoms with Crippen LogP contribution in [0.3, 0.4) is 0 Å². The summed E-state index contributed by atoms with van der Waals surface area (Å²) in [5.41, 5.74) is 1.72. The summed E-state index contributed by atoms with van der Waals surface area (Å²) in [6.07, 6.45) is 0. The average molecular weight is 412 g/mol. The fourth-order valence-corrected chi connectivity index (χ4v) is 2.77. The van der Waals surface area contributed by atoms with Gasteiger partial charge in [-0.2, -0.15) is 0 Å². The fourth-order valence-electron chi connectivity index (χ4n) is 2.77. The normalized spacial score (nSPS) is 12.5. The second-order valence-corrected chi connectivity index (χ2v) is 7.41. The molecule has 2 atom stereocenters. The van der Waals surface area contributed by atoms with Crippen LogP contribution in [-0.4, -0.2) is 37.1 Å². The van der Waals surface area contributed by atoms with Crippen molar-refractivity contribution in [1.29, 1.82) is 0 Å². The highest BCUT2D eigenvalue weighted by Crippen LogP contribution is 2.13. The molecular weight excluding hydrogens is 382 g/mol. The van der Waals surface area contributed by atoms with E-state index in [1.165, 1.54) is 0 Å². The third-order valence-electron chi connectivity index (χ3n) is 4.56. The SMILES string of the molecule is CC(C)[C@H](NC(=O)Nc1ccccc1)C(=O)OCC(=O)NC[C@@H](C)c1ccccc1. The predicted molar refractivity (Wildman–Crippen MR) is 116 cm³/mol. The third-order valence-corrected chi connectivity index (χ3v) is 4.56. The number of para-hydroxylation sites is 1. The number of benzene rings is 2. The van der Waals surface area contributed by atoms with E-state index in [2.05, 4.69) is 16.0 Å². The summed E-state index contributed by atoms with van der Waals surface area (Å²) in [4.78, 5) is 36.6. The Balaban J connectivity index is 1.78. The standard InChI is InChI=1S/C23H29N3O4/c1-16(2)21(26-23(29)25-19-12-8-5-9-13-19)22(28)30-15-20(27)24-14-17(3)18-10-6-4-7-11-18/h4-13,16-17,21H,14-15H2,1-3H3,(H,24,27)(H2,25,26,29)/t17-,21+/m1/s1. The lowest BCUT2D eigenvalue weighted by atomic mass is 10.0. The van der Waals surface area contributed by atoms with Gasteiger partial charge in [0.2, 0.25) is 0 Å². The van der Waals surface area contributed by atoms with E-state index in [1.54, 1.807) is 38.1 Å². The maximum atomic E-state index is 12.4. The summed E-state index contributed by atoms with van der Waals surface area (Å²) in [5.74, 6) is -1.11. The Bertz CT molecular complexity index is 825. The van der Waals surface area contributed by atoms with Crippen LogP contribution in [0.2, 0.25) is 0 Å². The molecule has 0 aliphatic heterocycles. The van der Waals surface area contributed by atoms with Crippen LogP contribution < -0.4 is 16.0 Å². The highest BCUT2D eigenvalue weighted by molar-refractivity contribution is 5.93. The van der Waals surface area contributed by atoms with Gasteiger partial charge in [0.1, 0.15) is 6.04 Å². The Kier molecular flexibility index (Phi) is 8.87. The first kappa shape index (κ1) is 22.9. The van der Waals surface area contributed by atoms with Crippen molar-refractivity contribution < 1.29 is 19.1 Å². The van der Waals surface area contributed by atoms with Gasteiger partial charge in [0.05, 0.1) is 0 Å². The number of ether oxygens (including phenoxy) is 1. The summed E-state index contributed by atoms with van der Waals surface area (Å²) in [5, 5.41) is 8.02. The summed E-state index contributed by atoms with van der Waals surface area (Å²) in [6, 6.07) is 17.3. The number of urea groups is 1. The molecule has 7 nitrogen and oxygen atoms in total. The minimum atomic E-state index is -0.871. The van der Waals surface area contributed by atoms with Crippen molar-refractivity contribution in [2.45, 2.75) is 32.7 Å². The van der Waals surface area contributed by atoms with E-state index in [1.807, 2.05) is 43.3 Å². The molecule has 0 aliphatic carbocycles. The lowest BCUT2D eigenvalue weighted by Crippen LogP contribution is -2.47. The number of esters is 1. The van der Waals surface area contributed by atoms with Crippen molar-refractivity contribution in [3.8, 4) is 0 Å². The zero-order valence-corrected chi connectivity index (χ0v) is 17.6. The second-order valence-electron chi connectivity index (χ2n) is 7.41. The molecular formula is C23H29N3O4. The first-order valence-corrected chi connectivity index (χ1v) is 9.97. The molecule has 160 valence electrons. The lowest BCUT2D eigenvalue weighted by molar-refractivity contribution is -0.151. The van der Waals surface area contributed by atoms with E-state index >= 15 is 0 Å². The number of rotatable bonds is 9. The third kappa shape index (κ3) is 7.58. The summed E-state index contributed by atoms with van der Waals surface area (Å²) < 4.78 is 5.12. The van der Waals surface area contributed by atoms with Gasteiger partial charge in [-0.1, -0.05) is 69.3 Å². The van der Waals surface area contributed by atoms with Gasteiger partial charge in [0.25, 0.3) is 5.91 Å². The molecule has 3 N–H and O–H groups in total. The summed E-state index contributed by atoms with van der Waals surface area (Å²) in [7, 11) is 0. The largest absolute Gasteiger partial charge is 0.454 e. The molecule has 2 aromatic carbocycles. The number of carbonyl (C=O) groups excluding carboxylic acids is 3. The first-order valence-electron chi connectivity index (χ1n) is 9.97. The van der Waals surface area contributed by atoms with E-state index in [9.17, 15) is 14.4 Å². The first-order chi connectivity index (χ1) is 14.4. The van der Waals surface area contributed by atoms with Crippen LogP contribution in [0.25, 0.3) is 0 Å². The van der Waals surface area contributed by atoms with Crippen LogP contribution in [0, 0.1) is 5.92 Å². The molecule has 0 saturated heterocycles. The molecule has 30 heavy (non-hydrogen) atoms. The van der Waals surface area contributed by atoms with Gasteiger partial charge >= 0.3 is 12.0 Å². The topological polar surface area (TPSA) is 96.5 Å². The smallest absolute Gasteiger partial charge is 0.329 e. The number of nitrogens with one attached hydrogen (secondary N) is 3. The second kappa shape index (κ2) is 11.6. The van der Waals surface area contributed by atoms with Gasteiger partial charge in [-0.25, -0.2) is 9.59 Å². The molecule has 0 aromatic heterocycles. The van der Waals surface area contributed by atoms with E-state index in [0.717, 1.165) is 5.56 Å². The summed E-state index contributed by atoms with van der Waals surface area (Å²) in [6.45, 7) is 5.62. The van der Waals surface area contributed by atoms with E-state index < -0.39 is 24.6 Å². The number of hydrogen-bond donors (Lipinski definition) is 3. The number of hydrogen-bond acceptors (Lipinski definition) is 4. The number of amides is 3. The highest BCUT2D eigenvalue weighted by atomic mass is 16.5. The quantitative estimate of drug-likeness (QED) is 0.552. The van der Waals surface area contributed by atoms with Crippen LogP contribution in [0.1, 0.15) is 32.3 Å². The minimum absolute atomic E-state index is 0.137. The van der Waals surface area contributed by atoms with E-state index in [4.69, 9.17) is 4.74 Å². The molecule has 0 aliphatic rings. The Hall–Kier alpha value is -3.35. The molecule has 0 fully saturated rings. The van der Waals surface area contributed by atoms with Crippen LogP contribution in [0.15, 0.2) is 60.7 Å². The van der Waals surface area contributed by atoms with Crippen molar-refractivity contribution in [3.05, 3.63) is 66.2 Å². The molecule has 0 spiro atoms. The van der Waals surface area contributed by atoms with Gasteiger partial charge in [-0.05, 0) is 29.5 Å². The van der Waals surface area contributed by atoms with Gasteiger partial charge in [-0.15, -0.1) is 0 Å². The van der Waals surface area contributed by atoms with Crippen molar-refractivity contribution in [2.24, 2.45) is 5.92 Å². The molecule has 7 heteroatoms. The molecule has 0 saturated carbocycles. The zero-order valence-electron chi connectivity index (χ0n) is 17.6. The Morgan fingerprint density at radius 3 is 2.10 bits per heavy atom. The van der Waals surface area contributed by atoms with Crippen LogP contribution >= 0.6 is 0 Å². The zero-order chi connectivity index (χ0) is 21.9. The van der Waals surface area contributed by atoms with Crippen molar-refractivity contribution in [2.75, 3.05) is 18.5 Å². The van der Waals surface area contributed by atoms with Gasteiger partial charge < -0.3 is 20.7 Å². The molecule has 3 amide bonds. The van der Waals surface area contributed by atoms with Gasteiger partial charge in [-0.3, -0.25) is 4.79 Å². The lowest BCUT2D eigenvalue weighted by Gasteiger charge is -2.21.